The average molecular weight is 348 g/mol. The highest BCUT2D eigenvalue weighted by Gasteiger charge is 2.45. The molecule has 1 saturated heterocycles. The summed E-state index contributed by atoms with van der Waals surface area (Å²) in [4.78, 5) is 26.3. The third-order valence-electron chi connectivity index (χ3n) is 4.53. The number of Topliss-reactive ketones (excluding diaryl/α,β-unsaturated/α-hetero) is 2. The number of hydrogen-bond donors (Lipinski definition) is 0. The molecule has 1 unspecified atom stereocenters. The molecule has 0 radical (unpaired) electrons. The van der Waals surface area contributed by atoms with Crippen molar-refractivity contribution >= 4 is 23.3 Å². The second-order valence-electron chi connectivity index (χ2n) is 6.88. The summed E-state index contributed by atoms with van der Waals surface area (Å²) in [5.74, 6) is -1.16. The van der Waals surface area contributed by atoms with Gasteiger partial charge in [-0.25, -0.2) is 0 Å². The fourth-order valence-electron chi connectivity index (χ4n) is 3.35. The van der Waals surface area contributed by atoms with Gasteiger partial charge in [0.15, 0.2) is 5.79 Å². The van der Waals surface area contributed by atoms with Gasteiger partial charge in [-0.2, -0.15) is 0 Å². The Labute approximate surface area is 147 Å². The van der Waals surface area contributed by atoms with Gasteiger partial charge in [-0.3, -0.25) is 9.59 Å². The van der Waals surface area contributed by atoms with E-state index < -0.39 is 11.7 Å². The molecule has 5 heteroatoms. The summed E-state index contributed by atoms with van der Waals surface area (Å²) in [6, 6.07) is 9.89. The van der Waals surface area contributed by atoms with Crippen LogP contribution < -0.4 is 0 Å². The van der Waals surface area contributed by atoms with Crippen molar-refractivity contribution < 1.29 is 19.1 Å². The minimum Gasteiger partial charge on any atom is -0.348 e. The van der Waals surface area contributed by atoms with Crippen LogP contribution in [-0.2, 0) is 19.1 Å². The third-order valence-corrected chi connectivity index (χ3v) is 5.92. The van der Waals surface area contributed by atoms with Crippen LogP contribution in [0.25, 0.3) is 0 Å². The zero-order valence-electron chi connectivity index (χ0n) is 14.2. The molecule has 1 aromatic rings. The van der Waals surface area contributed by atoms with Crippen molar-refractivity contribution in [1.29, 1.82) is 0 Å². The molecule has 1 saturated carbocycles. The van der Waals surface area contributed by atoms with E-state index >= 15 is 0 Å². The van der Waals surface area contributed by atoms with Crippen LogP contribution >= 0.6 is 11.8 Å². The lowest BCUT2D eigenvalue weighted by Crippen LogP contribution is -2.41. The molecule has 2 fully saturated rings. The van der Waals surface area contributed by atoms with Gasteiger partial charge >= 0.3 is 0 Å². The molecule has 0 spiro atoms. The number of rotatable bonds is 4. The number of benzene rings is 1. The molecular weight excluding hydrogens is 324 g/mol. The normalized spacial score (nSPS) is 26.3. The second kappa shape index (κ2) is 7.38. The van der Waals surface area contributed by atoms with E-state index in [-0.39, 0.29) is 22.9 Å². The number of ether oxygens (including phenoxy) is 2. The smallest absolute Gasteiger partial charge is 0.163 e. The van der Waals surface area contributed by atoms with E-state index in [1.165, 1.54) is 0 Å². The van der Waals surface area contributed by atoms with E-state index in [1.54, 1.807) is 11.8 Å². The molecule has 0 aromatic heterocycles. The maximum atomic E-state index is 12.6. The Kier molecular flexibility index (Phi) is 5.42. The first-order valence-corrected chi connectivity index (χ1v) is 9.43. The van der Waals surface area contributed by atoms with Crippen molar-refractivity contribution in [3.05, 3.63) is 30.3 Å². The number of thioether (sulfide) groups is 1. The first-order chi connectivity index (χ1) is 11.5. The number of hydrogen-bond acceptors (Lipinski definition) is 5. The van der Waals surface area contributed by atoms with Crippen LogP contribution in [0.2, 0.25) is 0 Å². The predicted octanol–water partition coefficient (Wildman–Crippen LogP) is 3.63. The van der Waals surface area contributed by atoms with Gasteiger partial charge in [0.2, 0.25) is 0 Å². The van der Waals surface area contributed by atoms with E-state index in [2.05, 4.69) is 0 Å². The maximum absolute atomic E-state index is 12.6. The van der Waals surface area contributed by atoms with E-state index in [0.29, 0.717) is 19.4 Å². The molecule has 24 heavy (non-hydrogen) atoms. The first kappa shape index (κ1) is 17.6. The topological polar surface area (TPSA) is 52.6 Å². The predicted molar refractivity (Wildman–Crippen MR) is 93.0 cm³/mol. The quantitative estimate of drug-likeness (QED) is 0.472. The Morgan fingerprint density at radius 3 is 2.25 bits per heavy atom. The summed E-state index contributed by atoms with van der Waals surface area (Å²) >= 11 is 1.56. The summed E-state index contributed by atoms with van der Waals surface area (Å²) in [6.45, 7) is 4.15. The molecule has 130 valence electrons. The molecule has 0 amide bonds. The first-order valence-electron chi connectivity index (χ1n) is 8.55. The van der Waals surface area contributed by atoms with Crippen LogP contribution in [0, 0.1) is 5.92 Å². The van der Waals surface area contributed by atoms with E-state index in [9.17, 15) is 9.59 Å². The summed E-state index contributed by atoms with van der Waals surface area (Å²) in [5, 5.41) is -0.243. The standard InChI is InChI=1S/C19H24O4S/c1-19(2)22-12-16(23-19)18(24-13-8-4-3-5-9-13)17-14(20)10-6-7-11-15(17)21/h3-5,8-9,16-18H,6-7,10-12H2,1-2H3/t16-,18?/m1/s1. The molecule has 2 aliphatic rings. The number of ketones is 2. The molecule has 1 aliphatic carbocycles. The highest BCUT2D eigenvalue weighted by Crippen LogP contribution is 2.39. The van der Waals surface area contributed by atoms with Crippen molar-refractivity contribution in [2.24, 2.45) is 5.92 Å². The second-order valence-corrected chi connectivity index (χ2v) is 8.13. The summed E-state index contributed by atoms with van der Waals surface area (Å²) < 4.78 is 11.7. The third kappa shape index (κ3) is 4.08. The van der Waals surface area contributed by atoms with Crippen LogP contribution in [0.15, 0.2) is 35.2 Å². The van der Waals surface area contributed by atoms with Gasteiger partial charge in [0.1, 0.15) is 11.6 Å². The van der Waals surface area contributed by atoms with Gasteiger partial charge in [-0.15, -0.1) is 11.8 Å². The van der Waals surface area contributed by atoms with Gasteiger partial charge in [-0.1, -0.05) is 18.2 Å². The van der Waals surface area contributed by atoms with Gasteiger partial charge in [0, 0.05) is 17.7 Å². The fraction of sp³-hybridized carbons (Fsp3) is 0.579. The van der Waals surface area contributed by atoms with Crippen molar-refractivity contribution in [1.82, 2.24) is 0 Å². The minimum atomic E-state index is -0.670. The molecule has 0 bridgehead atoms. The van der Waals surface area contributed by atoms with Crippen LogP contribution in [0.4, 0.5) is 0 Å². The monoisotopic (exact) mass is 348 g/mol. The van der Waals surface area contributed by atoms with Crippen molar-refractivity contribution in [2.75, 3.05) is 6.61 Å². The molecule has 1 heterocycles. The van der Waals surface area contributed by atoms with Crippen molar-refractivity contribution in [3.63, 3.8) is 0 Å². The largest absolute Gasteiger partial charge is 0.348 e. The summed E-state index contributed by atoms with van der Waals surface area (Å²) in [6.07, 6.45) is 2.31. The van der Waals surface area contributed by atoms with E-state index in [1.807, 2.05) is 44.2 Å². The van der Waals surface area contributed by atoms with Gasteiger partial charge in [0.25, 0.3) is 0 Å². The van der Waals surface area contributed by atoms with Crippen molar-refractivity contribution in [2.45, 2.75) is 61.6 Å². The summed E-state index contributed by atoms with van der Waals surface area (Å²) in [7, 11) is 0. The maximum Gasteiger partial charge on any atom is 0.163 e. The SMILES string of the molecule is CC1(C)OC[C@H](C(Sc2ccccc2)C2C(=O)CCCCC2=O)O1. The Balaban J connectivity index is 1.88. The Hall–Kier alpha value is -1.17. The molecule has 2 atom stereocenters. The molecule has 0 N–H and O–H groups in total. The Morgan fingerprint density at radius 2 is 1.71 bits per heavy atom. The number of carbonyl (C=O) groups excluding carboxylic acids is 2. The highest BCUT2D eigenvalue weighted by atomic mass is 32.2. The zero-order chi connectivity index (χ0) is 17.2. The fourth-order valence-corrected chi connectivity index (χ4v) is 4.70. The van der Waals surface area contributed by atoms with Crippen LogP contribution in [0.5, 0.6) is 0 Å². The van der Waals surface area contributed by atoms with Gasteiger partial charge in [-0.05, 0) is 38.8 Å². The van der Waals surface area contributed by atoms with Crippen molar-refractivity contribution in [3.8, 4) is 0 Å². The van der Waals surface area contributed by atoms with Crippen LogP contribution in [0.3, 0.4) is 0 Å². The highest BCUT2D eigenvalue weighted by molar-refractivity contribution is 8.00. The molecule has 1 aliphatic heterocycles. The zero-order valence-corrected chi connectivity index (χ0v) is 15.0. The number of carbonyl (C=O) groups is 2. The van der Waals surface area contributed by atoms with Gasteiger partial charge in [0.05, 0.1) is 23.9 Å². The summed E-state index contributed by atoms with van der Waals surface area (Å²) in [5.41, 5.74) is 0. The lowest BCUT2D eigenvalue weighted by molar-refractivity contribution is -0.144. The minimum absolute atomic E-state index is 0.0548. The van der Waals surface area contributed by atoms with Crippen LogP contribution in [0.1, 0.15) is 39.5 Å². The Morgan fingerprint density at radius 1 is 1.08 bits per heavy atom. The molecular formula is C19H24O4S. The molecule has 4 nitrogen and oxygen atoms in total. The Bertz CT molecular complexity index is 581. The lowest BCUT2D eigenvalue weighted by atomic mass is 9.91. The molecule has 1 aromatic carbocycles. The average Bonchev–Trinajstić information content (AvgIpc) is 2.82. The van der Waals surface area contributed by atoms with Crippen LogP contribution in [-0.4, -0.2) is 35.3 Å². The lowest BCUT2D eigenvalue weighted by Gasteiger charge is -2.29. The van der Waals surface area contributed by atoms with Gasteiger partial charge < -0.3 is 9.47 Å². The van der Waals surface area contributed by atoms with E-state index in [4.69, 9.17) is 9.47 Å². The molecule has 3 rings (SSSR count). The van der Waals surface area contributed by atoms with E-state index in [0.717, 1.165) is 17.7 Å².